The Kier molecular flexibility index (Phi) is 10.5. The van der Waals surface area contributed by atoms with E-state index in [1.165, 1.54) is 49.7 Å². The van der Waals surface area contributed by atoms with Gasteiger partial charge in [-0.3, -0.25) is 4.79 Å². The number of nitrogens with two attached hydrogens (primary N) is 1. The van der Waals surface area contributed by atoms with Crippen molar-refractivity contribution in [3.05, 3.63) is 34.9 Å². The van der Waals surface area contributed by atoms with Crippen molar-refractivity contribution >= 4 is 5.97 Å². The van der Waals surface area contributed by atoms with Crippen LogP contribution in [0.2, 0.25) is 0 Å². The van der Waals surface area contributed by atoms with Crippen molar-refractivity contribution in [2.24, 2.45) is 5.73 Å². The molecule has 0 fully saturated rings. The van der Waals surface area contributed by atoms with Gasteiger partial charge in [-0.25, -0.2) is 0 Å². The lowest BCUT2D eigenvalue weighted by Crippen LogP contribution is -2.35. The SMILES string of the molecule is CCCCCc1ccc(C[C@H](N)C(=O)OC(C)C)cc1CCCCC. The summed E-state index contributed by atoms with van der Waals surface area (Å²) in [5.41, 5.74) is 10.1. The molecular formula is C22H37NO2. The van der Waals surface area contributed by atoms with Crippen LogP contribution in [0, 0.1) is 0 Å². The molecule has 0 unspecified atom stereocenters. The molecule has 0 spiro atoms. The van der Waals surface area contributed by atoms with Crippen LogP contribution in [0.4, 0.5) is 0 Å². The average Bonchev–Trinajstić information content (AvgIpc) is 2.56. The maximum Gasteiger partial charge on any atom is 0.323 e. The zero-order valence-corrected chi connectivity index (χ0v) is 16.6. The van der Waals surface area contributed by atoms with Gasteiger partial charge in [0.2, 0.25) is 0 Å². The van der Waals surface area contributed by atoms with Crippen LogP contribution in [0.1, 0.15) is 82.9 Å². The van der Waals surface area contributed by atoms with Gasteiger partial charge in [0.25, 0.3) is 0 Å². The number of rotatable bonds is 12. The summed E-state index contributed by atoms with van der Waals surface area (Å²) in [5, 5.41) is 0. The lowest BCUT2D eigenvalue weighted by atomic mass is 9.93. The van der Waals surface area contributed by atoms with E-state index >= 15 is 0 Å². The Morgan fingerprint density at radius 2 is 1.60 bits per heavy atom. The molecule has 0 aromatic heterocycles. The summed E-state index contributed by atoms with van der Waals surface area (Å²) in [5.74, 6) is -0.311. The first-order valence-electron chi connectivity index (χ1n) is 10.0. The van der Waals surface area contributed by atoms with Crippen molar-refractivity contribution in [3.8, 4) is 0 Å². The maximum absolute atomic E-state index is 11.9. The van der Waals surface area contributed by atoms with E-state index in [1.54, 1.807) is 0 Å². The van der Waals surface area contributed by atoms with Gasteiger partial charge < -0.3 is 10.5 Å². The third kappa shape index (κ3) is 8.53. The highest BCUT2D eigenvalue weighted by molar-refractivity contribution is 5.76. The summed E-state index contributed by atoms with van der Waals surface area (Å²) in [6, 6.07) is 6.05. The van der Waals surface area contributed by atoms with Gasteiger partial charge >= 0.3 is 5.97 Å². The number of hydrogen-bond acceptors (Lipinski definition) is 3. The van der Waals surface area contributed by atoms with Crippen molar-refractivity contribution in [1.82, 2.24) is 0 Å². The Balaban J connectivity index is 2.79. The normalized spacial score (nSPS) is 12.4. The highest BCUT2D eigenvalue weighted by atomic mass is 16.5. The van der Waals surface area contributed by atoms with Crippen molar-refractivity contribution in [1.29, 1.82) is 0 Å². The molecule has 3 heteroatoms. The van der Waals surface area contributed by atoms with Gasteiger partial charge in [-0.2, -0.15) is 0 Å². The monoisotopic (exact) mass is 347 g/mol. The molecule has 1 rings (SSSR count). The van der Waals surface area contributed by atoms with E-state index in [0.29, 0.717) is 6.42 Å². The average molecular weight is 348 g/mol. The number of carbonyl (C=O) groups excluding carboxylic acids is 1. The van der Waals surface area contributed by atoms with E-state index < -0.39 is 6.04 Å². The second kappa shape index (κ2) is 12.1. The number of esters is 1. The summed E-state index contributed by atoms with van der Waals surface area (Å²) >= 11 is 0. The van der Waals surface area contributed by atoms with Crippen LogP contribution in [0.25, 0.3) is 0 Å². The molecular weight excluding hydrogens is 310 g/mol. The van der Waals surface area contributed by atoms with E-state index in [2.05, 4.69) is 32.0 Å². The Morgan fingerprint density at radius 3 is 2.16 bits per heavy atom. The van der Waals surface area contributed by atoms with Crippen LogP contribution in [0.3, 0.4) is 0 Å². The molecule has 0 saturated heterocycles. The Bertz CT molecular complexity index is 511. The molecule has 0 heterocycles. The van der Waals surface area contributed by atoms with E-state index in [-0.39, 0.29) is 12.1 Å². The third-order valence-corrected chi connectivity index (χ3v) is 4.48. The van der Waals surface area contributed by atoms with E-state index in [0.717, 1.165) is 18.4 Å². The largest absolute Gasteiger partial charge is 0.462 e. The molecule has 142 valence electrons. The molecule has 3 nitrogen and oxygen atoms in total. The van der Waals surface area contributed by atoms with Gasteiger partial charge in [0.1, 0.15) is 6.04 Å². The first-order chi connectivity index (χ1) is 12.0. The molecule has 1 atom stereocenters. The van der Waals surface area contributed by atoms with E-state index in [9.17, 15) is 4.79 Å². The minimum atomic E-state index is -0.586. The van der Waals surface area contributed by atoms with Gasteiger partial charge in [0.15, 0.2) is 0 Å². The first kappa shape index (κ1) is 21.7. The van der Waals surface area contributed by atoms with Crippen LogP contribution in [-0.4, -0.2) is 18.1 Å². The molecule has 25 heavy (non-hydrogen) atoms. The lowest BCUT2D eigenvalue weighted by molar-refractivity contribution is -0.148. The van der Waals surface area contributed by atoms with Crippen LogP contribution in [0.15, 0.2) is 18.2 Å². The summed E-state index contributed by atoms with van der Waals surface area (Å²) in [6.07, 6.45) is 10.2. The van der Waals surface area contributed by atoms with E-state index in [4.69, 9.17) is 10.5 Å². The van der Waals surface area contributed by atoms with Gasteiger partial charge in [-0.15, -0.1) is 0 Å². The van der Waals surface area contributed by atoms with E-state index in [1.807, 2.05) is 13.8 Å². The quantitative estimate of drug-likeness (QED) is 0.429. The van der Waals surface area contributed by atoms with Gasteiger partial charge in [0, 0.05) is 0 Å². The smallest absolute Gasteiger partial charge is 0.323 e. The number of benzene rings is 1. The highest BCUT2D eigenvalue weighted by Gasteiger charge is 2.17. The van der Waals surface area contributed by atoms with Crippen molar-refractivity contribution < 1.29 is 9.53 Å². The Labute approximate surface area is 154 Å². The molecule has 0 aliphatic carbocycles. The predicted molar refractivity (Wildman–Crippen MR) is 106 cm³/mol. The van der Waals surface area contributed by atoms with Gasteiger partial charge in [0.05, 0.1) is 6.10 Å². The van der Waals surface area contributed by atoms with Crippen LogP contribution >= 0.6 is 0 Å². The number of hydrogen-bond donors (Lipinski definition) is 1. The topological polar surface area (TPSA) is 52.3 Å². The maximum atomic E-state index is 11.9. The fraction of sp³-hybridized carbons (Fsp3) is 0.682. The number of carbonyl (C=O) groups is 1. The second-order valence-electron chi connectivity index (χ2n) is 7.31. The van der Waals surface area contributed by atoms with Crippen molar-refractivity contribution in [3.63, 3.8) is 0 Å². The minimum absolute atomic E-state index is 0.121. The predicted octanol–water partition coefficient (Wildman–Crippen LogP) is 4.97. The minimum Gasteiger partial charge on any atom is -0.462 e. The molecule has 0 bridgehead atoms. The number of aryl methyl sites for hydroxylation is 2. The van der Waals surface area contributed by atoms with Gasteiger partial charge in [-0.05, 0) is 62.6 Å². The highest BCUT2D eigenvalue weighted by Crippen LogP contribution is 2.19. The second-order valence-corrected chi connectivity index (χ2v) is 7.31. The summed E-state index contributed by atoms with van der Waals surface area (Å²) in [7, 11) is 0. The third-order valence-electron chi connectivity index (χ3n) is 4.48. The number of unbranched alkanes of at least 4 members (excludes halogenated alkanes) is 4. The molecule has 0 aliphatic rings. The zero-order chi connectivity index (χ0) is 18.7. The summed E-state index contributed by atoms with van der Waals surface area (Å²) in [4.78, 5) is 11.9. The Morgan fingerprint density at radius 1 is 1.00 bits per heavy atom. The first-order valence-corrected chi connectivity index (χ1v) is 10.0. The van der Waals surface area contributed by atoms with Crippen LogP contribution < -0.4 is 5.73 Å². The molecule has 0 saturated carbocycles. The standard InChI is InChI=1S/C22H37NO2/c1-5-7-9-11-19-14-13-18(15-20(19)12-10-8-6-2)16-21(23)22(24)25-17(3)4/h13-15,17,21H,5-12,16,23H2,1-4H3/t21-/m0/s1. The molecule has 1 aromatic rings. The molecule has 0 amide bonds. The van der Waals surface area contributed by atoms with Crippen LogP contribution in [-0.2, 0) is 28.8 Å². The molecule has 0 radical (unpaired) electrons. The van der Waals surface area contributed by atoms with Crippen LogP contribution in [0.5, 0.6) is 0 Å². The number of ether oxygens (including phenoxy) is 1. The Hall–Kier alpha value is -1.35. The fourth-order valence-electron chi connectivity index (χ4n) is 3.07. The van der Waals surface area contributed by atoms with Crippen molar-refractivity contribution in [2.45, 2.75) is 97.6 Å². The summed E-state index contributed by atoms with van der Waals surface area (Å²) in [6.45, 7) is 8.17. The lowest BCUT2D eigenvalue weighted by Gasteiger charge is -2.16. The molecule has 0 aliphatic heterocycles. The molecule has 2 N–H and O–H groups in total. The summed E-state index contributed by atoms with van der Waals surface area (Å²) < 4.78 is 5.22. The van der Waals surface area contributed by atoms with Crippen molar-refractivity contribution in [2.75, 3.05) is 0 Å². The zero-order valence-electron chi connectivity index (χ0n) is 16.6. The molecule has 1 aromatic carbocycles. The fourth-order valence-corrected chi connectivity index (χ4v) is 3.07. The van der Waals surface area contributed by atoms with Gasteiger partial charge in [-0.1, -0.05) is 57.7 Å².